The highest BCUT2D eigenvalue weighted by molar-refractivity contribution is 7.13. The normalized spacial score (nSPS) is 16.4. The number of anilines is 1. The van der Waals surface area contributed by atoms with Gasteiger partial charge in [-0.1, -0.05) is 12.1 Å². The zero-order valence-electron chi connectivity index (χ0n) is 11.9. The fraction of sp³-hybridized carbons (Fsp3) is 0.0588. The third-order valence-electron chi connectivity index (χ3n) is 3.66. The van der Waals surface area contributed by atoms with Crippen molar-refractivity contribution in [2.75, 3.05) is 5.32 Å². The van der Waals surface area contributed by atoms with Gasteiger partial charge in [0.25, 0.3) is 5.91 Å². The number of fused-ring (bicyclic) bond motifs is 1. The van der Waals surface area contributed by atoms with E-state index in [0.717, 1.165) is 22.0 Å². The molecule has 1 amide bonds. The molecule has 1 aliphatic rings. The number of nitrogens with zero attached hydrogens (tertiary/aromatic N) is 1. The first-order valence-corrected chi connectivity index (χ1v) is 7.96. The topological polar surface area (TPSA) is 54.0 Å². The van der Waals surface area contributed by atoms with E-state index >= 15 is 0 Å². The molecule has 23 heavy (non-hydrogen) atoms. The Balaban J connectivity index is 1.63. The average Bonchev–Trinajstić information content (AvgIpc) is 3.05. The van der Waals surface area contributed by atoms with Gasteiger partial charge in [0.1, 0.15) is 17.0 Å². The number of halogens is 1. The molecular formula is C17H12FN3OS. The minimum atomic E-state index is -0.372. The Morgan fingerprint density at radius 3 is 2.65 bits per heavy atom. The number of hydrogen-bond donors (Lipinski definition) is 2. The van der Waals surface area contributed by atoms with E-state index in [4.69, 9.17) is 0 Å². The van der Waals surface area contributed by atoms with Crippen molar-refractivity contribution in [2.45, 2.75) is 6.17 Å². The van der Waals surface area contributed by atoms with E-state index < -0.39 is 0 Å². The maximum absolute atomic E-state index is 13.0. The second-order valence-corrected chi connectivity index (χ2v) is 6.04. The van der Waals surface area contributed by atoms with Gasteiger partial charge >= 0.3 is 0 Å². The summed E-state index contributed by atoms with van der Waals surface area (Å²) >= 11 is 1.46. The average molecular weight is 325 g/mol. The van der Waals surface area contributed by atoms with Gasteiger partial charge in [-0.25, -0.2) is 9.37 Å². The molecule has 2 aromatic carbocycles. The van der Waals surface area contributed by atoms with Crippen LogP contribution in [0.25, 0.3) is 10.6 Å². The van der Waals surface area contributed by atoms with E-state index in [9.17, 15) is 9.18 Å². The molecular weight excluding hydrogens is 313 g/mol. The fourth-order valence-corrected chi connectivity index (χ4v) is 3.35. The molecule has 3 aromatic rings. The van der Waals surface area contributed by atoms with E-state index in [1.807, 2.05) is 23.6 Å². The summed E-state index contributed by atoms with van der Waals surface area (Å²) < 4.78 is 13.0. The van der Waals surface area contributed by atoms with Crippen LogP contribution in [0.2, 0.25) is 0 Å². The molecule has 2 N–H and O–H groups in total. The number of thiazole rings is 1. The van der Waals surface area contributed by atoms with Crippen molar-refractivity contribution < 1.29 is 9.18 Å². The molecule has 1 aromatic heterocycles. The summed E-state index contributed by atoms with van der Waals surface area (Å²) in [5.74, 6) is -0.399. The van der Waals surface area contributed by atoms with Gasteiger partial charge in [-0.15, -0.1) is 11.3 Å². The van der Waals surface area contributed by atoms with Gasteiger partial charge in [0.05, 0.1) is 11.3 Å². The van der Waals surface area contributed by atoms with E-state index in [1.54, 1.807) is 18.2 Å². The first kappa shape index (κ1) is 13.9. The van der Waals surface area contributed by atoms with Crippen molar-refractivity contribution in [2.24, 2.45) is 0 Å². The predicted octanol–water partition coefficient (Wildman–Crippen LogP) is 3.80. The molecule has 1 atom stereocenters. The number of nitrogens with one attached hydrogen (secondary N) is 2. The molecule has 6 heteroatoms. The summed E-state index contributed by atoms with van der Waals surface area (Å²) in [7, 11) is 0. The van der Waals surface area contributed by atoms with E-state index in [-0.39, 0.29) is 17.9 Å². The second kappa shape index (κ2) is 5.48. The van der Waals surface area contributed by atoms with E-state index in [0.29, 0.717) is 5.56 Å². The number of carbonyl (C=O) groups is 1. The second-order valence-electron chi connectivity index (χ2n) is 5.18. The maximum atomic E-state index is 13.0. The maximum Gasteiger partial charge on any atom is 0.255 e. The molecule has 1 aliphatic heterocycles. The summed E-state index contributed by atoms with van der Waals surface area (Å²) in [4.78, 5) is 16.7. The molecule has 114 valence electrons. The summed E-state index contributed by atoms with van der Waals surface area (Å²) in [5.41, 5.74) is 3.00. The monoisotopic (exact) mass is 325 g/mol. The molecule has 4 nitrogen and oxygen atoms in total. The highest BCUT2D eigenvalue weighted by Crippen LogP contribution is 2.30. The van der Waals surface area contributed by atoms with Crippen molar-refractivity contribution in [3.63, 3.8) is 0 Å². The van der Waals surface area contributed by atoms with E-state index in [1.165, 1.54) is 23.5 Å². The first-order chi connectivity index (χ1) is 11.2. The minimum Gasteiger partial charge on any atom is -0.360 e. The van der Waals surface area contributed by atoms with Crippen LogP contribution in [0.4, 0.5) is 10.1 Å². The summed E-state index contributed by atoms with van der Waals surface area (Å²) in [5, 5.41) is 8.85. The molecule has 4 rings (SSSR count). The van der Waals surface area contributed by atoms with Gasteiger partial charge in [-0.2, -0.15) is 0 Å². The van der Waals surface area contributed by atoms with Gasteiger partial charge < -0.3 is 10.6 Å². The van der Waals surface area contributed by atoms with Crippen molar-refractivity contribution in [3.05, 3.63) is 71.0 Å². The summed E-state index contributed by atoms with van der Waals surface area (Å²) in [6.45, 7) is 0. The zero-order valence-corrected chi connectivity index (χ0v) is 12.7. The summed E-state index contributed by atoms with van der Waals surface area (Å²) in [6, 6.07) is 13.6. The smallest absolute Gasteiger partial charge is 0.255 e. The largest absolute Gasteiger partial charge is 0.360 e. The van der Waals surface area contributed by atoms with Crippen molar-refractivity contribution in [1.29, 1.82) is 0 Å². The number of para-hydroxylation sites is 1. The van der Waals surface area contributed by atoms with Gasteiger partial charge in [0, 0.05) is 16.6 Å². The lowest BCUT2D eigenvalue weighted by Crippen LogP contribution is -2.38. The van der Waals surface area contributed by atoms with Crippen molar-refractivity contribution in [1.82, 2.24) is 10.3 Å². The van der Waals surface area contributed by atoms with Gasteiger partial charge in [-0.05, 0) is 36.4 Å². The third kappa shape index (κ3) is 2.57. The Bertz CT molecular complexity index is 876. The third-order valence-corrected chi connectivity index (χ3v) is 4.57. The lowest BCUT2D eigenvalue weighted by molar-refractivity contribution is 0.0935. The SMILES string of the molecule is O=C1NC(c2csc(-c3ccc(F)cc3)n2)Nc2ccccc21. The number of amides is 1. The molecule has 0 fully saturated rings. The van der Waals surface area contributed by atoms with Crippen LogP contribution in [-0.4, -0.2) is 10.9 Å². The quantitative estimate of drug-likeness (QED) is 0.753. The van der Waals surface area contributed by atoms with Crippen LogP contribution in [0.1, 0.15) is 22.2 Å². The number of rotatable bonds is 2. The highest BCUT2D eigenvalue weighted by atomic mass is 32.1. The van der Waals surface area contributed by atoms with Crippen LogP contribution < -0.4 is 10.6 Å². The molecule has 0 saturated heterocycles. The molecule has 0 spiro atoms. The van der Waals surface area contributed by atoms with Crippen LogP contribution in [0, 0.1) is 5.82 Å². The van der Waals surface area contributed by atoms with Crippen LogP contribution in [0.3, 0.4) is 0 Å². The lowest BCUT2D eigenvalue weighted by atomic mass is 10.1. The minimum absolute atomic E-state index is 0.124. The molecule has 0 aliphatic carbocycles. The Labute approximate surface area is 136 Å². The molecule has 0 bridgehead atoms. The van der Waals surface area contributed by atoms with Crippen molar-refractivity contribution in [3.8, 4) is 10.6 Å². The zero-order chi connectivity index (χ0) is 15.8. The molecule has 0 saturated carbocycles. The van der Waals surface area contributed by atoms with Crippen molar-refractivity contribution >= 4 is 22.9 Å². The van der Waals surface area contributed by atoms with Crippen LogP contribution in [0.15, 0.2) is 53.9 Å². The number of benzene rings is 2. The number of aromatic nitrogens is 1. The Hall–Kier alpha value is -2.73. The van der Waals surface area contributed by atoms with Gasteiger partial charge in [-0.3, -0.25) is 4.79 Å². The van der Waals surface area contributed by atoms with Gasteiger partial charge in [0.2, 0.25) is 0 Å². The Morgan fingerprint density at radius 1 is 1.04 bits per heavy atom. The first-order valence-electron chi connectivity index (χ1n) is 7.08. The Morgan fingerprint density at radius 2 is 1.83 bits per heavy atom. The van der Waals surface area contributed by atoms with E-state index in [2.05, 4.69) is 15.6 Å². The van der Waals surface area contributed by atoms with Gasteiger partial charge in [0.15, 0.2) is 0 Å². The number of hydrogen-bond acceptors (Lipinski definition) is 4. The van der Waals surface area contributed by atoms with Crippen LogP contribution >= 0.6 is 11.3 Å². The predicted molar refractivity (Wildman–Crippen MR) is 87.8 cm³/mol. The fourth-order valence-electron chi connectivity index (χ4n) is 2.50. The highest BCUT2D eigenvalue weighted by Gasteiger charge is 2.25. The molecule has 0 radical (unpaired) electrons. The Kier molecular flexibility index (Phi) is 3.31. The lowest BCUT2D eigenvalue weighted by Gasteiger charge is -2.26. The van der Waals surface area contributed by atoms with Crippen LogP contribution in [0.5, 0.6) is 0 Å². The molecule has 1 unspecified atom stereocenters. The van der Waals surface area contributed by atoms with Crippen LogP contribution in [-0.2, 0) is 0 Å². The summed E-state index contributed by atoms with van der Waals surface area (Å²) in [6.07, 6.45) is -0.372. The molecule has 2 heterocycles. The number of carbonyl (C=O) groups excluding carboxylic acids is 1. The standard InChI is InChI=1S/C17H12FN3OS/c18-11-7-5-10(6-8-11)17-20-14(9-23-17)15-19-13-4-2-1-3-12(13)16(22)21-15/h1-9,15,19H,(H,21,22).